The Morgan fingerprint density at radius 1 is 1.35 bits per heavy atom. The van der Waals surface area contributed by atoms with E-state index < -0.39 is 6.04 Å². The lowest BCUT2D eigenvalue weighted by atomic mass is 10.0. The van der Waals surface area contributed by atoms with Gasteiger partial charge in [0.2, 0.25) is 11.8 Å². The molecular formula is C17H21N3O3. The van der Waals surface area contributed by atoms with Gasteiger partial charge in [0.05, 0.1) is 12.5 Å². The Bertz CT molecular complexity index is 615. The number of nitriles is 1. The van der Waals surface area contributed by atoms with Gasteiger partial charge in [-0.25, -0.2) is 0 Å². The van der Waals surface area contributed by atoms with E-state index >= 15 is 0 Å². The lowest BCUT2D eigenvalue weighted by Crippen LogP contribution is -2.50. The van der Waals surface area contributed by atoms with Crippen molar-refractivity contribution in [1.29, 1.82) is 5.26 Å². The molecule has 0 aliphatic heterocycles. The molecule has 3 N–H and O–H groups in total. The Morgan fingerprint density at radius 3 is 2.57 bits per heavy atom. The van der Waals surface area contributed by atoms with Crippen molar-refractivity contribution in [2.45, 2.75) is 38.6 Å². The average Bonchev–Trinajstić information content (AvgIpc) is 3.28. The number of nitrogens with zero attached hydrogens (tertiary/aromatic N) is 1. The quantitative estimate of drug-likeness (QED) is 0.659. The fourth-order valence-corrected chi connectivity index (χ4v) is 2.19. The van der Waals surface area contributed by atoms with Gasteiger partial charge in [0.25, 0.3) is 0 Å². The Kier molecular flexibility index (Phi) is 5.22. The molecule has 122 valence electrons. The number of carbonyl (C=O) groups is 2. The predicted octanol–water partition coefficient (Wildman–Crippen LogP) is 1.25. The molecule has 0 aromatic heterocycles. The van der Waals surface area contributed by atoms with Crippen molar-refractivity contribution in [2.24, 2.45) is 5.41 Å². The van der Waals surface area contributed by atoms with Gasteiger partial charge in [0, 0.05) is 18.4 Å². The molecule has 0 saturated heterocycles. The molecule has 1 aromatic carbocycles. The Hall–Kier alpha value is -2.55. The minimum absolute atomic E-state index is 0.114. The molecule has 1 fully saturated rings. The second kappa shape index (κ2) is 7.14. The molecule has 23 heavy (non-hydrogen) atoms. The molecule has 1 atom stereocenters. The number of carbonyl (C=O) groups excluding carboxylic acids is 2. The van der Waals surface area contributed by atoms with E-state index in [1.54, 1.807) is 24.3 Å². The second-order valence-electron chi connectivity index (χ2n) is 6.16. The number of hydrogen-bond acceptors (Lipinski definition) is 4. The van der Waals surface area contributed by atoms with Crippen molar-refractivity contribution < 1.29 is 14.7 Å². The van der Waals surface area contributed by atoms with Gasteiger partial charge < -0.3 is 15.7 Å². The summed E-state index contributed by atoms with van der Waals surface area (Å²) in [6.45, 7) is 2.14. The van der Waals surface area contributed by atoms with Crippen LogP contribution in [0.1, 0.15) is 31.7 Å². The lowest BCUT2D eigenvalue weighted by molar-refractivity contribution is -0.131. The molecule has 0 bridgehead atoms. The summed E-state index contributed by atoms with van der Waals surface area (Å²) in [6.07, 6.45) is 2.23. The molecule has 0 heterocycles. The van der Waals surface area contributed by atoms with E-state index in [0.29, 0.717) is 6.42 Å². The van der Waals surface area contributed by atoms with Crippen LogP contribution in [-0.2, 0) is 16.0 Å². The maximum absolute atomic E-state index is 12.3. The van der Waals surface area contributed by atoms with Crippen molar-refractivity contribution in [3.05, 3.63) is 29.8 Å². The molecule has 6 heteroatoms. The summed E-state index contributed by atoms with van der Waals surface area (Å²) in [5.41, 5.74) is 0.477. The Morgan fingerprint density at radius 2 is 2.00 bits per heavy atom. The van der Waals surface area contributed by atoms with Gasteiger partial charge in [0.1, 0.15) is 11.8 Å². The Balaban J connectivity index is 2.03. The van der Waals surface area contributed by atoms with E-state index in [1.165, 1.54) is 0 Å². The van der Waals surface area contributed by atoms with Crippen LogP contribution in [0.4, 0.5) is 0 Å². The molecule has 1 aromatic rings. The summed E-state index contributed by atoms with van der Waals surface area (Å²) in [5, 5.41) is 23.3. The van der Waals surface area contributed by atoms with Crippen molar-refractivity contribution in [3.63, 3.8) is 0 Å². The summed E-state index contributed by atoms with van der Waals surface area (Å²) < 4.78 is 0. The predicted molar refractivity (Wildman–Crippen MR) is 84.3 cm³/mol. The zero-order chi connectivity index (χ0) is 16.9. The fraction of sp³-hybridized carbons (Fsp3) is 0.471. The molecule has 2 rings (SSSR count). The number of rotatable bonds is 7. The van der Waals surface area contributed by atoms with E-state index in [0.717, 1.165) is 18.4 Å². The van der Waals surface area contributed by atoms with E-state index in [4.69, 9.17) is 5.26 Å². The minimum atomic E-state index is -0.692. The van der Waals surface area contributed by atoms with Gasteiger partial charge in [-0.15, -0.1) is 0 Å². The van der Waals surface area contributed by atoms with Gasteiger partial charge in [0.15, 0.2) is 0 Å². The molecule has 0 spiro atoms. The molecule has 1 aliphatic carbocycles. The van der Waals surface area contributed by atoms with E-state index in [9.17, 15) is 14.7 Å². The minimum Gasteiger partial charge on any atom is -0.508 e. The van der Waals surface area contributed by atoms with Crippen LogP contribution in [0.25, 0.3) is 0 Å². The third kappa shape index (κ3) is 4.71. The monoisotopic (exact) mass is 315 g/mol. The van der Waals surface area contributed by atoms with Crippen molar-refractivity contribution in [3.8, 4) is 11.8 Å². The van der Waals surface area contributed by atoms with Gasteiger partial charge in [-0.1, -0.05) is 19.1 Å². The first-order valence-electron chi connectivity index (χ1n) is 7.68. The topological polar surface area (TPSA) is 102 Å². The number of nitrogens with one attached hydrogen (secondary N) is 2. The summed E-state index contributed by atoms with van der Waals surface area (Å²) in [6, 6.07) is 7.80. The summed E-state index contributed by atoms with van der Waals surface area (Å²) >= 11 is 0. The number of benzene rings is 1. The lowest BCUT2D eigenvalue weighted by Gasteiger charge is -2.20. The zero-order valence-electron chi connectivity index (χ0n) is 13.1. The molecule has 2 amide bonds. The molecule has 0 radical (unpaired) electrons. The van der Waals surface area contributed by atoms with Gasteiger partial charge in [-0.3, -0.25) is 9.59 Å². The fourth-order valence-electron chi connectivity index (χ4n) is 2.19. The van der Waals surface area contributed by atoms with E-state index in [2.05, 4.69) is 10.6 Å². The first-order valence-corrected chi connectivity index (χ1v) is 7.68. The van der Waals surface area contributed by atoms with E-state index in [-0.39, 0.29) is 35.9 Å². The maximum atomic E-state index is 12.3. The second-order valence-corrected chi connectivity index (χ2v) is 6.16. The standard InChI is InChI=1S/C17H21N3O3/c1-17(7-8-17)16(23)20-14(15(22)19-10-2-9-18)11-12-3-5-13(21)6-4-12/h3-6,14,21H,2,7-8,10-11H2,1H3,(H,19,22)(H,20,23). The van der Waals surface area contributed by atoms with Gasteiger partial charge >= 0.3 is 0 Å². The largest absolute Gasteiger partial charge is 0.508 e. The van der Waals surface area contributed by atoms with Crippen LogP contribution < -0.4 is 10.6 Å². The molecule has 1 unspecified atom stereocenters. The third-order valence-corrected chi connectivity index (χ3v) is 4.08. The van der Waals surface area contributed by atoms with E-state index in [1.807, 2.05) is 13.0 Å². The average molecular weight is 315 g/mol. The maximum Gasteiger partial charge on any atom is 0.242 e. The number of hydrogen-bond donors (Lipinski definition) is 3. The summed E-state index contributed by atoms with van der Waals surface area (Å²) in [4.78, 5) is 24.5. The highest BCUT2D eigenvalue weighted by Crippen LogP contribution is 2.45. The third-order valence-electron chi connectivity index (χ3n) is 4.08. The van der Waals surface area contributed by atoms with Crippen LogP contribution in [0.3, 0.4) is 0 Å². The first kappa shape index (κ1) is 16.8. The number of aromatic hydroxyl groups is 1. The SMILES string of the molecule is CC1(C(=O)NC(Cc2ccc(O)cc2)C(=O)NCCC#N)CC1. The van der Waals surface area contributed by atoms with Crippen LogP contribution in [0.2, 0.25) is 0 Å². The highest BCUT2D eigenvalue weighted by molar-refractivity contribution is 5.91. The number of phenolic OH excluding ortho intramolecular Hbond substituents is 1. The highest BCUT2D eigenvalue weighted by atomic mass is 16.3. The molecule has 1 saturated carbocycles. The molecule has 6 nitrogen and oxygen atoms in total. The van der Waals surface area contributed by atoms with Crippen LogP contribution in [0, 0.1) is 16.7 Å². The molecular weight excluding hydrogens is 294 g/mol. The molecule has 1 aliphatic rings. The summed E-state index contributed by atoms with van der Waals surface area (Å²) in [7, 11) is 0. The van der Waals surface area contributed by atoms with Crippen molar-refractivity contribution >= 4 is 11.8 Å². The highest BCUT2D eigenvalue weighted by Gasteiger charge is 2.45. The summed E-state index contributed by atoms with van der Waals surface area (Å²) in [5.74, 6) is -0.263. The smallest absolute Gasteiger partial charge is 0.242 e. The van der Waals surface area contributed by atoms with Gasteiger partial charge in [-0.05, 0) is 30.5 Å². The van der Waals surface area contributed by atoms with Gasteiger partial charge in [-0.2, -0.15) is 5.26 Å². The van der Waals surface area contributed by atoms with Crippen LogP contribution in [0.15, 0.2) is 24.3 Å². The van der Waals surface area contributed by atoms with Crippen molar-refractivity contribution in [1.82, 2.24) is 10.6 Å². The Labute approximate surface area is 135 Å². The first-order chi connectivity index (χ1) is 10.9. The van der Waals surface area contributed by atoms with Crippen molar-refractivity contribution in [2.75, 3.05) is 6.54 Å². The van der Waals surface area contributed by atoms with Crippen LogP contribution in [0.5, 0.6) is 5.75 Å². The van der Waals surface area contributed by atoms with Crippen LogP contribution in [-0.4, -0.2) is 29.5 Å². The zero-order valence-corrected chi connectivity index (χ0v) is 13.1. The number of phenols is 1. The normalized spacial score (nSPS) is 16.0. The van der Waals surface area contributed by atoms with Crippen LogP contribution >= 0.6 is 0 Å². The number of amides is 2.